The number of oxazole rings is 1. The molecule has 46 heavy (non-hydrogen) atoms. The Morgan fingerprint density at radius 2 is 1.37 bits per heavy atom. The molecule has 2 aromatic heterocycles. The lowest BCUT2D eigenvalue weighted by molar-refractivity contribution is 0.444. The molecule has 6 rings (SSSR count). The third-order valence-electron chi connectivity index (χ3n) is 8.61. The summed E-state index contributed by atoms with van der Waals surface area (Å²) in [7, 11) is 0. The van der Waals surface area contributed by atoms with E-state index in [1.165, 1.54) is 0 Å². The van der Waals surface area contributed by atoms with E-state index in [1.54, 1.807) is 6.21 Å². The quantitative estimate of drug-likeness (QED) is 0.202. The summed E-state index contributed by atoms with van der Waals surface area (Å²) >= 11 is 0. The highest BCUT2D eigenvalue weighted by Crippen LogP contribution is 2.41. The van der Waals surface area contributed by atoms with Gasteiger partial charge in [0.05, 0.1) is 11.3 Å². The van der Waals surface area contributed by atoms with Crippen LogP contribution in [0.2, 0.25) is 0 Å². The number of hydrogen-bond donors (Lipinski definition) is 1. The van der Waals surface area contributed by atoms with Crippen LogP contribution >= 0.6 is 0 Å². The van der Waals surface area contributed by atoms with E-state index in [1.807, 2.05) is 48.8 Å². The van der Waals surface area contributed by atoms with Gasteiger partial charge in [0.25, 0.3) is 0 Å². The van der Waals surface area contributed by atoms with Crippen LogP contribution in [0.4, 0.5) is 5.69 Å². The molecule has 4 aromatic carbocycles. The van der Waals surface area contributed by atoms with Crippen LogP contribution in [0.25, 0.3) is 44.5 Å². The van der Waals surface area contributed by atoms with Crippen LogP contribution in [-0.4, -0.2) is 21.3 Å². The molecule has 6 aromatic rings. The molecule has 0 aliphatic rings. The predicted molar refractivity (Wildman–Crippen MR) is 192 cm³/mol. The van der Waals surface area contributed by atoms with E-state index < -0.39 is 0 Å². The molecule has 0 unspecified atom stereocenters. The molecule has 5 nitrogen and oxygen atoms in total. The van der Waals surface area contributed by atoms with Crippen LogP contribution in [0.3, 0.4) is 0 Å². The molecule has 0 aliphatic carbocycles. The number of benzene rings is 4. The Labute approximate surface area is 272 Å². The largest absolute Gasteiger partial charge is 0.507 e. The summed E-state index contributed by atoms with van der Waals surface area (Å²) in [5.41, 5.74) is 8.45. The number of nitrogens with zero attached hydrogens (tertiary/aromatic N) is 3. The Hall–Kier alpha value is -4.77. The van der Waals surface area contributed by atoms with Crippen LogP contribution in [0.5, 0.6) is 5.75 Å². The van der Waals surface area contributed by atoms with Gasteiger partial charge >= 0.3 is 0 Å². The van der Waals surface area contributed by atoms with Gasteiger partial charge in [0.1, 0.15) is 11.3 Å². The van der Waals surface area contributed by atoms with Gasteiger partial charge in [-0.15, -0.1) is 0 Å². The molecular weight excluding hydrogens is 566 g/mol. The van der Waals surface area contributed by atoms with E-state index >= 15 is 0 Å². The van der Waals surface area contributed by atoms with Crippen LogP contribution in [0, 0.1) is 0 Å². The summed E-state index contributed by atoms with van der Waals surface area (Å²) in [6.45, 7) is 19.5. The Morgan fingerprint density at radius 1 is 0.696 bits per heavy atom. The fourth-order valence-corrected chi connectivity index (χ4v) is 5.78. The van der Waals surface area contributed by atoms with Crippen LogP contribution in [0.1, 0.15) is 84.6 Å². The van der Waals surface area contributed by atoms with E-state index in [9.17, 15) is 5.11 Å². The highest BCUT2D eigenvalue weighted by Gasteiger charge is 2.25. The number of rotatable bonds is 4. The van der Waals surface area contributed by atoms with Gasteiger partial charge < -0.3 is 9.52 Å². The minimum atomic E-state index is -0.229. The van der Waals surface area contributed by atoms with Crippen molar-refractivity contribution in [3.63, 3.8) is 0 Å². The average molecular weight is 610 g/mol. The van der Waals surface area contributed by atoms with Gasteiger partial charge in [-0.05, 0) is 63.1 Å². The van der Waals surface area contributed by atoms with E-state index in [0.29, 0.717) is 17.1 Å². The second-order valence-corrected chi connectivity index (χ2v) is 15.3. The van der Waals surface area contributed by atoms with E-state index in [-0.39, 0.29) is 22.0 Å². The zero-order valence-corrected chi connectivity index (χ0v) is 28.4. The maximum Gasteiger partial charge on any atom is 0.229 e. The summed E-state index contributed by atoms with van der Waals surface area (Å²) in [4.78, 5) is 14.6. The number of phenols is 1. The SMILES string of the molecule is CC(C)(C)c1cc(C=Nc2ccccc2-c2nc3c(-c4cncc5ccccc45)cc(C(C)(C)C)cc3o2)c(O)c(C(C)(C)C)c1. The lowest BCUT2D eigenvalue weighted by atomic mass is 9.79. The average Bonchev–Trinajstić information content (AvgIpc) is 3.43. The molecule has 0 aliphatic heterocycles. The van der Waals surface area contributed by atoms with Crippen molar-refractivity contribution in [1.29, 1.82) is 0 Å². The Morgan fingerprint density at radius 3 is 2.09 bits per heavy atom. The smallest absolute Gasteiger partial charge is 0.229 e. The topological polar surface area (TPSA) is 71.5 Å². The zero-order chi connectivity index (χ0) is 33.0. The van der Waals surface area contributed by atoms with Gasteiger partial charge in [-0.3, -0.25) is 9.98 Å². The standard InChI is InChI=1S/C41H43N3O2/c1-39(2,3)27-18-26(37(45)33(20-27)41(7,8)9)23-43-34-17-13-12-16-30(34)38-44-36-31(19-28(40(4,5)6)21-35(36)46-38)32-24-42-22-25-14-10-11-15-29(25)32/h10-24,45H,1-9H3. The number of hydrogen-bond acceptors (Lipinski definition) is 5. The number of para-hydroxylation sites is 1. The van der Waals surface area contributed by atoms with Crippen molar-refractivity contribution < 1.29 is 9.52 Å². The lowest BCUT2D eigenvalue weighted by Gasteiger charge is -2.27. The number of pyridine rings is 1. The molecular formula is C41H43N3O2. The number of aromatic nitrogens is 2. The second-order valence-electron chi connectivity index (χ2n) is 15.3. The number of aliphatic imine (C=N–C) groups is 1. The first kappa shape index (κ1) is 31.2. The van der Waals surface area contributed by atoms with Crippen molar-refractivity contribution in [2.45, 2.75) is 78.6 Å². The maximum atomic E-state index is 11.4. The summed E-state index contributed by atoms with van der Waals surface area (Å²) < 4.78 is 6.55. The molecule has 0 radical (unpaired) electrons. The molecule has 5 heteroatoms. The lowest BCUT2D eigenvalue weighted by Crippen LogP contribution is -2.17. The number of phenolic OH excluding ortho intramolecular Hbond substituents is 1. The monoisotopic (exact) mass is 609 g/mol. The molecule has 0 atom stereocenters. The maximum absolute atomic E-state index is 11.4. The fourth-order valence-electron chi connectivity index (χ4n) is 5.78. The first-order valence-corrected chi connectivity index (χ1v) is 15.9. The molecule has 2 heterocycles. The highest BCUT2D eigenvalue weighted by atomic mass is 16.3. The Balaban J connectivity index is 1.51. The third-order valence-corrected chi connectivity index (χ3v) is 8.61. The first-order valence-electron chi connectivity index (χ1n) is 15.9. The van der Waals surface area contributed by atoms with E-state index in [4.69, 9.17) is 14.4 Å². The van der Waals surface area contributed by atoms with Crippen LogP contribution < -0.4 is 0 Å². The van der Waals surface area contributed by atoms with Crippen LogP contribution in [-0.2, 0) is 16.2 Å². The predicted octanol–water partition coefficient (Wildman–Crippen LogP) is 11.1. The highest BCUT2D eigenvalue weighted by molar-refractivity contribution is 6.03. The number of fused-ring (bicyclic) bond motifs is 2. The molecule has 234 valence electrons. The van der Waals surface area contributed by atoms with E-state index in [2.05, 4.69) is 104 Å². The molecule has 0 fully saturated rings. The van der Waals surface area contributed by atoms with E-state index in [0.717, 1.165) is 55.3 Å². The van der Waals surface area contributed by atoms with Gasteiger partial charge in [-0.25, -0.2) is 4.98 Å². The van der Waals surface area contributed by atoms with Gasteiger partial charge in [-0.2, -0.15) is 0 Å². The third kappa shape index (κ3) is 5.94. The summed E-state index contributed by atoms with van der Waals surface area (Å²) in [6, 6.07) is 24.6. The van der Waals surface area contributed by atoms with Crippen molar-refractivity contribution in [3.05, 3.63) is 107 Å². The molecule has 1 N–H and O–H groups in total. The molecule has 0 spiro atoms. The normalized spacial score (nSPS) is 12.9. The van der Waals surface area contributed by atoms with Crippen molar-refractivity contribution in [3.8, 4) is 28.3 Å². The summed E-state index contributed by atoms with van der Waals surface area (Å²) in [5.74, 6) is 0.748. The van der Waals surface area contributed by atoms with Crippen molar-refractivity contribution in [2.75, 3.05) is 0 Å². The van der Waals surface area contributed by atoms with Crippen molar-refractivity contribution in [2.24, 2.45) is 4.99 Å². The van der Waals surface area contributed by atoms with Gasteiger partial charge in [-0.1, -0.05) is 105 Å². The number of aromatic hydroxyl groups is 1. The minimum absolute atomic E-state index is 0.0877. The Kier molecular flexibility index (Phi) is 7.63. The van der Waals surface area contributed by atoms with Crippen molar-refractivity contribution in [1.82, 2.24) is 9.97 Å². The van der Waals surface area contributed by atoms with Crippen molar-refractivity contribution >= 4 is 33.8 Å². The van der Waals surface area contributed by atoms with Gasteiger partial charge in [0, 0.05) is 46.2 Å². The van der Waals surface area contributed by atoms with Gasteiger partial charge in [0.15, 0.2) is 5.58 Å². The zero-order valence-electron chi connectivity index (χ0n) is 28.4. The summed E-state index contributed by atoms with van der Waals surface area (Å²) in [5, 5.41) is 13.5. The van der Waals surface area contributed by atoms with Crippen LogP contribution in [0.15, 0.2) is 94.6 Å². The molecule has 0 amide bonds. The Bertz CT molecular complexity index is 2110. The fraction of sp³-hybridized carbons (Fsp3) is 0.293. The molecule has 0 saturated carbocycles. The molecule has 0 saturated heterocycles. The summed E-state index contributed by atoms with van der Waals surface area (Å²) in [6.07, 6.45) is 5.57. The second kappa shape index (κ2) is 11.2. The van der Waals surface area contributed by atoms with Gasteiger partial charge in [0.2, 0.25) is 5.89 Å². The molecule has 0 bridgehead atoms. The first-order chi connectivity index (χ1) is 21.6. The minimum Gasteiger partial charge on any atom is -0.507 e.